The summed E-state index contributed by atoms with van der Waals surface area (Å²) in [5.74, 6) is 2.13. The summed E-state index contributed by atoms with van der Waals surface area (Å²) in [6.07, 6.45) is 2.19. The summed E-state index contributed by atoms with van der Waals surface area (Å²) in [4.78, 5) is 0. The molecule has 0 saturated heterocycles. The van der Waals surface area contributed by atoms with Crippen LogP contribution in [-0.4, -0.2) is 30.2 Å². The van der Waals surface area contributed by atoms with E-state index < -0.39 is 0 Å². The van der Waals surface area contributed by atoms with E-state index in [1.54, 1.807) is 7.11 Å². The summed E-state index contributed by atoms with van der Waals surface area (Å²) in [6.45, 7) is 12.3. The van der Waals surface area contributed by atoms with Gasteiger partial charge in [0.05, 0.1) is 7.11 Å². The highest BCUT2D eigenvalue weighted by Gasteiger charge is 2.17. The molecule has 3 heteroatoms. The second-order valence-corrected chi connectivity index (χ2v) is 8.44. The Labute approximate surface area is 135 Å². The average molecular weight is 310 g/mol. The van der Waals surface area contributed by atoms with Crippen LogP contribution in [0.25, 0.3) is 0 Å². The van der Waals surface area contributed by atoms with Gasteiger partial charge in [-0.3, -0.25) is 0 Å². The zero-order valence-corrected chi connectivity index (χ0v) is 15.3. The third-order valence-corrected chi connectivity index (χ3v) is 4.74. The summed E-state index contributed by atoms with van der Waals surface area (Å²) < 4.78 is 5.82. The van der Waals surface area contributed by atoms with E-state index in [1.165, 1.54) is 17.5 Å². The zero-order chi connectivity index (χ0) is 15.9. The third kappa shape index (κ3) is 7.23. The van der Waals surface area contributed by atoms with Gasteiger partial charge in [0.1, 0.15) is 5.75 Å². The van der Waals surface area contributed by atoms with Crippen LogP contribution in [-0.2, 0) is 6.42 Å². The van der Waals surface area contributed by atoms with E-state index in [9.17, 15) is 0 Å². The van der Waals surface area contributed by atoms with Gasteiger partial charge in [-0.1, -0.05) is 45.4 Å². The minimum Gasteiger partial charge on any atom is -0.496 e. The van der Waals surface area contributed by atoms with Gasteiger partial charge in [-0.25, -0.2) is 0 Å². The first-order valence-electron chi connectivity index (χ1n) is 7.86. The van der Waals surface area contributed by atoms with Crippen molar-refractivity contribution in [1.82, 2.24) is 5.32 Å². The van der Waals surface area contributed by atoms with Crippen LogP contribution in [0, 0.1) is 6.92 Å². The molecule has 1 unspecified atom stereocenters. The number of rotatable bonds is 8. The fourth-order valence-electron chi connectivity index (χ4n) is 2.22. The second kappa shape index (κ2) is 8.70. The van der Waals surface area contributed by atoms with Crippen molar-refractivity contribution < 1.29 is 4.74 Å². The van der Waals surface area contributed by atoms with Crippen LogP contribution in [0.2, 0.25) is 0 Å². The Bertz CT molecular complexity index is 426. The van der Waals surface area contributed by atoms with Crippen LogP contribution in [0.4, 0.5) is 0 Å². The largest absolute Gasteiger partial charge is 0.496 e. The highest BCUT2D eigenvalue weighted by molar-refractivity contribution is 8.00. The van der Waals surface area contributed by atoms with Crippen LogP contribution < -0.4 is 10.1 Å². The molecule has 0 aliphatic rings. The van der Waals surface area contributed by atoms with Crippen LogP contribution in [0.1, 0.15) is 45.2 Å². The minimum absolute atomic E-state index is 0.308. The Hall–Kier alpha value is -0.670. The summed E-state index contributed by atoms with van der Waals surface area (Å²) >= 11 is 2.03. The zero-order valence-electron chi connectivity index (χ0n) is 14.5. The Balaban J connectivity index is 2.77. The van der Waals surface area contributed by atoms with E-state index in [2.05, 4.69) is 58.1 Å². The lowest BCUT2D eigenvalue weighted by Gasteiger charge is -2.24. The number of hydrogen-bond donors (Lipinski definition) is 1. The maximum Gasteiger partial charge on any atom is 0.122 e. The molecule has 1 aromatic rings. The fourth-order valence-corrected chi connectivity index (χ4v) is 3.16. The predicted octanol–water partition coefficient (Wildman–Crippen LogP) is 4.45. The quantitative estimate of drug-likeness (QED) is 0.767. The molecule has 0 aromatic heterocycles. The van der Waals surface area contributed by atoms with Crippen molar-refractivity contribution in [3.63, 3.8) is 0 Å². The highest BCUT2D eigenvalue weighted by atomic mass is 32.2. The van der Waals surface area contributed by atoms with Gasteiger partial charge in [-0.15, -0.1) is 0 Å². The molecule has 0 heterocycles. The molecule has 0 radical (unpaired) electrons. The SMILES string of the molecule is CCCNC(CSC(C)(C)C)Cc1cc(C)ccc1OC. The maximum absolute atomic E-state index is 5.52. The number of benzene rings is 1. The number of aryl methyl sites for hydroxylation is 1. The molecular weight excluding hydrogens is 278 g/mol. The smallest absolute Gasteiger partial charge is 0.122 e. The van der Waals surface area contributed by atoms with E-state index in [0.717, 1.165) is 24.5 Å². The first kappa shape index (κ1) is 18.4. The molecule has 0 amide bonds. The number of ether oxygens (including phenoxy) is 1. The van der Waals surface area contributed by atoms with Crippen molar-refractivity contribution in [3.8, 4) is 5.75 Å². The Morgan fingerprint density at radius 3 is 2.57 bits per heavy atom. The third-order valence-electron chi connectivity index (χ3n) is 3.30. The molecule has 0 spiro atoms. The fraction of sp³-hybridized carbons (Fsp3) is 0.667. The van der Waals surface area contributed by atoms with Gasteiger partial charge in [0, 0.05) is 16.5 Å². The van der Waals surface area contributed by atoms with Gasteiger partial charge < -0.3 is 10.1 Å². The second-order valence-electron chi connectivity index (χ2n) is 6.59. The van der Waals surface area contributed by atoms with Gasteiger partial charge in [0.25, 0.3) is 0 Å². The van der Waals surface area contributed by atoms with E-state index in [0.29, 0.717) is 10.8 Å². The van der Waals surface area contributed by atoms with E-state index in [4.69, 9.17) is 4.74 Å². The van der Waals surface area contributed by atoms with E-state index in [-0.39, 0.29) is 0 Å². The number of methoxy groups -OCH3 is 1. The lowest BCUT2D eigenvalue weighted by molar-refractivity contribution is 0.406. The molecule has 0 saturated carbocycles. The molecule has 0 bridgehead atoms. The lowest BCUT2D eigenvalue weighted by atomic mass is 10.0. The molecule has 0 fully saturated rings. The van der Waals surface area contributed by atoms with Crippen LogP contribution >= 0.6 is 11.8 Å². The molecule has 1 aromatic carbocycles. The molecule has 21 heavy (non-hydrogen) atoms. The Morgan fingerprint density at radius 1 is 1.29 bits per heavy atom. The van der Waals surface area contributed by atoms with Crippen LogP contribution in [0.5, 0.6) is 5.75 Å². The monoisotopic (exact) mass is 309 g/mol. The van der Waals surface area contributed by atoms with Gasteiger partial charge in [0.2, 0.25) is 0 Å². The van der Waals surface area contributed by atoms with Gasteiger partial charge >= 0.3 is 0 Å². The molecule has 2 nitrogen and oxygen atoms in total. The lowest BCUT2D eigenvalue weighted by Crippen LogP contribution is -2.35. The molecule has 1 atom stereocenters. The Morgan fingerprint density at radius 2 is 2.00 bits per heavy atom. The molecule has 0 aliphatic carbocycles. The standard InChI is InChI=1S/C18H31NOS/c1-7-10-19-16(13-21-18(3,4)5)12-15-11-14(2)8-9-17(15)20-6/h8-9,11,16,19H,7,10,12-13H2,1-6H3. The number of hydrogen-bond acceptors (Lipinski definition) is 3. The van der Waals surface area contributed by atoms with Crippen LogP contribution in [0.3, 0.4) is 0 Å². The van der Waals surface area contributed by atoms with Gasteiger partial charge in [-0.2, -0.15) is 11.8 Å². The summed E-state index contributed by atoms with van der Waals surface area (Å²) in [7, 11) is 1.76. The summed E-state index contributed by atoms with van der Waals surface area (Å²) in [5, 5.41) is 3.68. The first-order chi connectivity index (χ1) is 9.85. The molecular formula is C18H31NOS. The van der Waals surface area contributed by atoms with E-state index >= 15 is 0 Å². The van der Waals surface area contributed by atoms with Gasteiger partial charge in [-0.05, 0) is 37.9 Å². The van der Waals surface area contributed by atoms with Crippen molar-refractivity contribution in [2.75, 3.05) is 19.4 Å². The number of thioether (sulfide) groups is 1. The average Bonchev–Trinajstić information content (AvgIpc) is 2.41. The van der Waals surface area contributed by atoms with Gasteiger partial charge in [0.15, 0.2) is 0 Å². The summed E-state index contributed by atoms with van der Waals surface area (Å²) in [6, 6.07) is 6.94. The van der Waals surface area contributed by atoms with Crippen LogP contribution in [0.15, 0.2) is 18.2 Å². The van der Waals surface area contributed by atoms with Crippen molar-refractivity contribution in [3.05, 3.63) is 29.3 Å². The topological polar surface area (TPSA) is 21.3 Å². The maximum atomic E-state index is 5.52. The highest BCUT2D eigenvalue weighted by Crippen LogP contribution is 2.26. The predicted molar refractivity (Wildman–Crippen MR) is 95.7 cm³/mol. The molecule has 1 N–H and O–H groups in total. The van der Waals surface area contributed by atoms with Crippen molar-refractivity contribution in [2.24, 2.45) is 0 Å². The van der Waals surface area contributed by atoms with Crippen molar-refractivity contribution in [1.29, 1.82) is 0 Å². The normalized spacial score (nSPS) is 13.2. The summed E-state index contributed by atoms with van der Waals surface area (Å²) in [5.41, 5.74) is 2.60. The minimum atomic E-state index is 0.308. The van der Waals surface area contributed by atoms with Crippen molar-refractivity contribution in [2.45, 2.75) is 58.2 Å². The van der Waals surface area contributed by atoms with E-state index in [1.807, 2.05) is 11.8 Å². The number of nitrogens with one attached hydrogen (secondary N) is 1. The molecule has 0 aliphatic heterocycles. The Kier molecular flexibility index (Phi) is 7.61. The van der Waals surface area contributed by atoms with Crippen molar-refractivity contribution >= 4 is 11.8 Å². The molecule has 1 rings (SSSR count). The first-order valence-corrected chi connectivity index (χ1v) is 8.85. The molecule has 120 valence electrons.